The average Bonchev–Trinajstić information content (AvgIpc) is 2.55. The Morgan fingerprint density at radius 2 is 1.96 bits per heavy atom. The Labute approximate surface area is 141 Å². The number of rotatable bonds is 3. The van der Waals surface area contributed by atoms with E-state index in [1.165, 1.54) is 6.20 Å². The van der Waals surface area contributed by atoms with Crippen molar-refractivity contribution in [2.45, 2.75) is 6.54 Å². The van der Waals surface area contributed by atoms with E-state index in [1.54, 1.807) is 24.3 Å². The summed E-state index contributed by atoms with van der Waals surface area (Å²) in [7, 11) is 0. The number of nitrogen functional groups attached to an aromatic ring is 1. The van der Waals surface area contributed by atoms with Gasteiger partial charge < -0.3 is 16.0 Å². The first-order valence-electron chi connectivity index (χ1n) is 7.09. The standard InChI is InChI=1S/C17H13ClFN3O2/c18-10-3-1-9(2-4-10)7-22-17(24)13-8-21-15-12(16(13)23)5-11(19)6-14(15)20/h1-6,8H,7,20H2,(H,21,23)(H,22,24). The van der Waals surface area contributed by atoms with Crippen LogP contribution < -0.4 is 16.5 Å². The number of benzene rings is 2. The maximum atomic E-state index is 13.5. The summed E-state index contributed by atoms with van der Waals surface area (Å²) in [5.41, 5.74) is 6.23. The normalized spacial score (nSPS) is 10.8. The molecule has 122 valence electrons. The molecule has 1 amide bonds. The average molecular weight is 346 g/mol. The molecule has 0 radical (unpaired) electrons. The number of amides is 1. The van der Waals surface area contributed by atoms with Gasteiger partial charge in [-0.05, 0) is 29.8 Å². The van der Waals surface area contributed by atoms with Gasteiger partial charge in [-0.2, -0.15) is 0 Å². The summed E-state index contributed by atoms with van der Waals surface area (Å²) in [6.07, 6.45) is 1.27. The third-order valence-electron chi connectivity index (χ3n) is 3.59. The lowest BCUT2D eigenvalue weighted by Crippen LogP contribution is -2.28. The van der Waals surface area contributed by atoms with Gasteiger partial charge in [-0.25, -0.2) is 4.39 Å². The van der Waals surface area contributed by atoms with E-state index in [0.717, 1.165) is 17.7 Å². The number of anilines is 1. The molecule has 0 fully saturated rings. The first-order chi connectivity index (χ1) is 11.5. The first-order valence-corrected chi connectivity index (χ1v) is 7.46. The summed E-state index contributed by atoms with van der Waals surface area (Å²) in [5.74, 6) is -1.19. The monoisotopic (exact) mass is 345 g/mol. The third kappa shape index (κ3) is 3.09. The molecule has 0 spiro atoms. The number of pyridine rings is 1. The number of aromatic amines is 1. The highest BCUT2D eigenvalue weighted by atomic mass is 35.5. The molecule has 0 unspecified atom stereocenters. The molecule has 4 N–H and O–H groups in total. The SMILES string of the molecule is Nc1cc(F)cc2c(=O)c(C(=O)NCc3ccc(Cl)cc3)c[nH]c12. The maximum absolute atomic E-state index is 13.5. The lowest BCUT2D eigenvalue weighted by atomic mass is 10.1. The highest BCUT2D eigenvalue weighted by molar-refractivity contribution is 6.30. The molecule has 7 heteroatoms. The van der Waals surface area contributed by atoms with Crippen molar-refractivity contribution in [1.29, 1.82) is 0 Å². The zero-order chi connectivity index (χ0) is 17.3. The van der Waals surface area contributed by atoms with E-state index in [0.29, 0.717) is 10.5 Å². The molecule has 2 aromatic carbocycles. The molecular weight excluding hydrogens is 333 g/mol. The van der Waals surface area contributed by atoms with Gasteiger partial charge in [0.2, 0.25) is 5.43 Å². The van der Waals surface area contributed by atoms with Crippen molar-refractivity contribution < 1.29 is 9.18 Å². The lowest BCUT2D eigenvalue weighted by molar-refractivity contribution is 0.0949. The Morgan fingerprint density at radius 1 is 1.25 bits per heavy atom. The number of hydrogen-bond donors (Lipinski definition) is 3. The van der Waals surface area contributed by atoms with E-state index >= 15 is 0 Å². The predicted octanol–water partition coefficient (Wildman–Crippen LogP) is 2.83. The van der Waals surface area contributed by atoms with E-state index in [1.807, 2.05) is 0 Å². The fraction of sp³-hybridized carbons (Fsp3) is 0.0588. The Balaban J connectivity index is 1.88. The van der Waals surface area contributed by atoms with E-state index in [9.17, 15) is 14.0 Å². The van der Waals surface area contributed by atoms with Gasteiger partial charge in [-0.3, -0.25) is 9.59 Å². The minimum Gasteiger partial charge on any atom is -0.397 e. The smallest absolute Gasteiger partial charge is 0.257 e. The Bertz CT molecular complexity index is 984. The second-order valence-corrected chi connectivity index (χ2v) is 5.69. The van der Waals surface area contributed by atoms with Gasteiger partial charge in [0.05, 0.1) is 16.6 Å². The van der Waals surface area contributed by atoms with Crippen LogP contribution in [-0.4, -0.2) is 10.9 Å². The largest absolute Gasteiger partial charge is 0.397 e. The number of halogens is 2. The fourth-order valence-corrected chi connectivity index (χ4v) is 2.50. The molecule has 5 nitrogen and oxygen atoms in total. The van der Waals surface area contributed by atoms with Crippen LogP contribution in [0, 0.1) is 5.82 Å². The summed E-state index contributed by atoms with van der Waals surface area (Å²) >= 11 is 5.80. The zero-order valence-electron chi connectivity index (χ0n) is 12.4. The summed E-state index contributed by atoms with van der Waals surface area (Å²) in [6.45, 7) is 0.235. The molecule has 0 aliphatic carbocycles. The maximum Gasteiger partial charge on any atom is 0.257 e. The number of nitrogens with two attached hydrogens (primary N) is 1. The highest BCUT2D eigenvalue weighted by Crippen LogP contribution is 2.18. The van der Waals surface area contributed by atoms with E-state index < -0.39 is 17.2 Å². The molecule has 1 aromatic heterocycles. The van der Waals surface area contributed by atoms with Crippen LogP contribution in [0.15, 0.2) is 47.4 Å². The molecule has 0 saturated heterocycles. The van der Waals surface area contributed by atoms with Crippen LogP contribution in [0.2, 0.25) is 5.02 Å². The molecule has 1 heterocycles. The van der Waals surface area contributed by atoms with Gasteiger partial charge in [0.15, 0.2) is 0 Å². The van der Waals surface area contributed by atoms with Crippen LogP contribution in [0.4, 0.5) is 10.1 Å². The van der Waals surface area contributed by atoms with Crippen molar-refractivity contribution in [3.63, 3.8) is 0 Å². The van der Waals surface area contributed by atoms with Crippen LogP contribution in [0.3, 0.4) is 0 Å². The van der Waals surface area contributed by atoms with Crippen LogP contribution in [-0.2, 0) is 6.54 Å². The number of H-pyrrole nitrogens is 1. The number of hydrogen-bond acceptors (Lipinski definition) is 3. The number of aromatic nitrogens is 1. The summed E-state index contributed by atoms with van der Waals surface area (Å²) in [5, 5.41) is 3.27. The van der Waals surface area contributed by atoms with Gasteiger partial charge >= 0.3 is 0 Å². The number of fused-ring (bicyclic) bond motifs is 1. The Morgan fingerprint density at radius 3 is 2.67 bits per heavy atom. The second-order valence-electron chi connectivity index (χ2n) is 5.26. The van der Waals surface area contributed by atoms with Crippen molar-refractivity contribution in [3.05, 3.63) is 74.8 Å². The van der Waals surface area contributed by atoms with Crippen molar-refractivity contribution >= 4 is 34.1 Å². The summed E-state index contributed by atoms with van der Waals surface area (Å²) < 4.78 is 13.5. The number of nitrogens with one attached hydrogen (secondary N) is 2. The van der Waals surface area contributed by atoms with Crippen LogP contribution in [0.5, 0.6) is 0 Å². The van der Waals surface area contributed by atoms with Crippen molar-refractivity contribution in [2.24, 2.45) is 0 Å². The summed E-state index contributed by atoms with van der Waals surface area (Å²) in [6, 6.07) is 9.11. The number of carbonyl (C=O) groups excluding carboxylic acids is 1. The lowest BCUT2D eigenvalue weighted by Gasteiger charge is -2.07. The van der Waals surface area contributed by atoms with E-state index in [2.05, 4.69) is 10.3 Å². The van der Waals surface area contributed by atoms with Gasteiger partial charge in [-0.1, -0.05) is 23.7 Å². The second kappa shape index (κ2) is 6.33. The molecule has 0 aliphatic rings. The van der Waals surface area contributed by atoms with Crippen LogP contribution in [0.1, 0.15) is 15.9 Å². The molecule has 3 aromatic rings. The topological polar surface area (TPSA) is 88.0 Å². The molecule has 0 bridgehead atoms. The minimum atomic E-state index is -0.635. The quantitative estimate of drug-likeness (QED) is 0.638. The Hall–Kier alpha value is -2.86. The van der Waals surface area contributed by atoms with Crippen molar-refractivity contribution in [1.82, 2.24) is 10.3 Å². The molecule has 0 atom stereocenters. The summed E-state index contributed by atoms with van der Waals surface area (Å²) in [4.78, 5) is 27.4. The van der Waals surface area contributed by atoms with E-state index in [-0.39, 0.29) is 23.2 Å². The van der Waals surface area contributed by atoms with Crippen LogP contribution in [0.25, 0.3) is 10.9 Å². The predicted molar refractivity (Wildman–Crippen MR) is 91.6 cm³/mol. The fourth-order valence-electron chi connectivity index (χ4n) is 2.37. The van der Waals surface area contributed by atoms with Gasteiger partial charge in [0.1, 0.15) is 11.4 Å². The minimum absolute atomic E-state index is 0.0339. The number of carbonyl (C=O) groups is 1. The van der Waals surface area contributed by atoms with Gasteiger partial charge in [0.25, 0.3) is 5.91 Å². The van der Waals surface area contributed by atoms with E-state index in [4.69, 9.17) is 17.3 Å². The molecule has 3 rings (SSSR count). The molecule has 0 aliphatic heterocycles. The van der Waals surface area contributed by atoms with Crippen LogP contribution >= 0.6 is 11.6 Å². The zero-order valence-corrected chi connectivity index (χ0v) is 13.2. The Kier molecular flexibility index (Phi) is 4.22. The first kappa shape index (κ1) is 16.0. The highest BCUT2D eigenvalue weighted by Gasteiger charge is 2.14. The molecule has 0 saturated carbocycles. The van der Waals surface area contributed by atoms with Crippen molar-refractivity contribution in [3.8, 4) is 0 Å². The third-order valence-corrected chi connectivity index (χ3v) is 3.85. The molecular formula is C17H13ClFN3O2. The molecule has 24 heavy (non-hydrogen) atoms. The van der Waals surface area contributed by atoms with Gasteiger partial charge in [-0.15, -0.1) is 0 Å². The van der Waals surface area contributed by atoms with Crippen molar-refractivity contribution in [2.75, 3.05) is 5.73 Å². The van der Waals surface area contributed by atoms with Gasteiger partial charge in [0, 0.05) is 17.8 Å².